The van der Waals surface area contributed by atoms with Crippen LogP contribution in [0.1, 0.15) is 13.3 Å². The van der Waals surface area contributed by atoms with Crippen LogP contribution >= 0.6 is 0 Å². The van der Waals surface area contributed by atoms with Gasteiger partial charge in [0.25, 0.3) is 11.7 Å². The molecule has 0 aromatic carbocycles. The highest BCUT2D eigenvalue weighted by atomic mass is 16.6. The lowest BCUT2D eigenvalue weighted by Crippen LogP contribution is -2.24. The first-order chi connectivity index (χ1) is 7.41. The third-order valence-corrected chi connectivity index (χ3v) is 2.22. The van der Waals surface area contributed by atoms with Crippen molar-refractivity contribution < 1.29 is 14.6 Å². The van der Waals surface area contributed by atoms with Crippen molar-refractivity contribution in [3.63, 3.8) is 0 Å². The average molecular weight is 226 g/mol. The quantitative estimate of drug-likeness (QED) is 0.403. The summed E-state index contributed by atoms with van der Waals surface area (Å²) in [7, 11) is 0. The molecule has 1 rings (SSSR count). The van der Waals surface area contributed by atoms with Gasteiger partial charge in [-0.1, -0.05) is 6.08 Å². The topological polar surface area (TPSA) is 103 Å². The summed E-state index contributed by atoms with van der Waals surface area (Å²) < 4.78 is 0. The number of nitrogens with zero attached hydrogens (tertiary/aromatic N) is 2. The van der Waals surface area contributed by atoms with Crippen LogP contribution in [0, 0.1) is 26.1 Å². The second-order valence-electron chi connectivity index (χ2n) is 3.52. The first kappa shape index (κ1) is 12.0. The highest BCUT2D eigenvalue weighted by Gasteiger charge is 2.32. The van der Waals surface area contributed by atoms with Crippen LogP contribution < -0.4 is 0 Å². The Morgan fingerprint density at radius 1 is 1.38 bits per heavy atom. The van der Waals surface area contributed by atoms with E-state index in [1.807, 2.05) is 0 Å². The van der Waals surface area contributed by atoms with Gasteiger partial charge in [-0.25, -0.2) is 0 Å². The molecule has 0 saturated heterocycles. The molecule has 2 unspecified atom stereocenters. The maximum atomic E-state index is 10.9. The molecule has 0 aromatic rings. The van der Waals surface area contributed by atoms with E-state index in [2.05, 4.69) is 0 Å². The van der Waals surface area contributed by atoms with Crippen molar-refractivity contribution in [1.82, 2.24) is 0 Å². The molecular formula is C9H10N2O5. The van der Waals surface area contributed by atoms with Gasteiger partial charge >= 0.3 is 0 Å². The third-order valence-electron chi connectivity index (χ3n) is 2.22. The van der Waals surface area contributed by atoms with E-state index in [4.69, 9.17) is 0 Å². The molecule has 7 nitrogen and oxygen atoms in total. The molecule has 86 valence electrons. The Kier molecular flexibility index (Phi) is 3.49. The van der Waals surface area contributed by atoms with Crippen molar-refractivity contribution in [2.24, 2.45) is 5.92 Å². The number of Topliss-reactive ketones (excluding diaryl/α,β-unsaturated/α-hetero) is 1. The summed E-state index contributed by atoms with van der Waals surface area (Å²) in [4.78, 5) is 30.7. The molecule has 0 aliphatic heterocycles. The Bertz CT molecular complexity index is 399. The normalized spacial score (nSPS) is 23.7. The number of nitro groups is 2. The molecule has 2 atom stereocenters. The molecule has 0 amide bonds. The van der Waals surface area contributed by atoms with Gasteiger partial charge in [-0.2, -0.15) is 0 Å². The van der Waals surface area contributed by atoms with E-state index in [9.17, 15) is 25.0 Å². The lowest BCUT2D eigenvalue weighted by atomic mass is 9.93. The minimum absolute atomic E-state index is 0.00620. The highest BCUT2D eigenvalue weighted by Crippen LogP contribution is 2.23. The van der Waals surface area contributed by atoms with Gasteiger partial charge in [0.05, 0.1) is 16.9 Å². The molecule has 7 heteroatoms. The molecule has 16 heavy (non-hydrogen) atoms. The summed E-state index contributed by atoms with van der Waals surface area (Å²) in [5.41, 5.74) is -0.278. The maximum absolute atomic E-state index is 10.9. The largest absolute Gasteiger partial charge is 0.300 e. The van der Waals surface area contributed by atoms with Gasteiger partial charge in [-0.15, -0.1) is 0 Å². The van der Waals surface area contributed by atoms with Gasteiger partial charge in [-0.3, -0.25) is 25.0 Å². The molecule has 0 heterocycles. The lowest BCUT2D eigenvalue weighted by molar-refractivity contribution is -0.501. The minimum Gasteiger partial charge on any atom is -0.300 e. The lowest BCUT2D eigenvalue weighted by Gasteiger charge is -2.13. The summed E-state index contributed by atoms with van der Waals surface area (Å²) in [6, 6.07) is -1.18. The standard InChI is InChI=1S/C9H10N2O5/c1-6(12)4-7-2-3-8(10(13)14)5-9(7)11(15)16/h2-3,5,7-8H,4H2,1H3. The predicted octanol–water partition coefficient (Wildman–Crippen LogP) is 0.957. The summed E-state index contributed by atoms with van der Waals surface area (Å²) in [6.45, 7) is 1.32. The second-order valence-corrected chi connectivity index (χ2v) is 3.52. The third kappa shape index (κ3) is 2.72. The molecule has 0 N–H and O–H groups in total. The molecule has 1 aliphatic carbocycles. The maximum Gasteiger partial charge on any atom is 0.256 e. The number of rotatable bonds is 4. The van der Waals surface area contributed by atoms with Gasteiger partial charge in [0.15, 0.2) is 0 Å². The Hall–Kier alpha value is -2.05. The van der Waals surface area contributed by atoms with Crippen molar-refractivity contribution in [1.29, 1.82) is 0 Å². The fourth-order valence-corrected chi connectivity index (χ4v) is 1.51. The fourth-order valence-electron chi connectivity index (χ4n) is 1.51. The zero-order chi connectivity index (χ0) is 12.3. The van der Waals surface area contributed by atoms with E-state index in [-0.39, 0.29) is 17.9 Å². The van der Waals surface area contributed by atoms with Gasteiger partial charge in [0.2, 0.25) is 0 Å². The molecule has 0 fully saturated rings. The predicted molar refractivity (Wildman–Crippen MR) is 53.8 cm³/mol. The fraction of sp³-hybridized carbons (Fsp3) is 0.444. The molecule has 0 aromatic heterocycles. The first-order valence-corrected chi connectivity index (χ1v) is 4.59. The Morgan fingerprint density at radius 2 is 2.00 bits per heavy atom. The van der Waals surface area contributed by atoms with Crippen LogP contribution in [0.5, 0.6) is 0 Å². The van der Waals surface area contributed by atoms with E-state index in [1.54, 1.807) is 0 Å². The van der Waals surface area contributed by atoms with E-state index in [1.165, 1.54) is 19.1 Å². The molecule has 0 saturated carbocycles. The van der Waals surface area contributed by atoms with Crippen LogP contribution in [0.2, 0.25) is 0 Å². The van der Waals surface area contributed by atoms with Gasteiger partial charge in [-0.05, 0) is 13.0 Å². The smallest absolute Gasteiger partial charge is 0.256 e. The summed E-state index contributed by atoms with van der Waals surface area (Å²) >= 11 is 0. The van der Waals surface area contributed by atoms with E-state index >= 15 is 0 Å². The monoisotopic (exact) mass is 226 g/mol. The van der Waals surface area contributed by atoms with Crippen molar-refractivity contribution in [3.8, 4) is 0 Å². The van der Waals surface area contributed by atoms with Crippen LogP contribution in [0.4, 0.5) is 0 Å². The number of ketones is 1. The van der Waals surface area contributed by atoms with Gasteiger partial charge < -0.3 is 0 Å². The van der Waals surface area contributed by atoms with E-state index in [0.29, 0.717) is 0 Å². The van der Waals surface area contributed by atoms with Crippen molar-refractivity contribution in [3.05, 3.63) is 44.2 Å². The molecule has 0 radical (unpaired) electrons. The number of allylic oxidation sites excluding steroid dienone is 1. The van der Waals surface area contributed by atoms with Crippen LogP contribution in [-0.2, 0) is 4.79 Å². The zero-order valence-corrected chi connectivity index (χ0v) is 8.53. The average Bonchev–Trinajstić information content (AvgIpc) is 2.16. The van der Waals surface area contributed by atoms with E-state index < -0.39 is 21.8 Å². The van der Waals surface area contributed by atoms with Crippen molar-refractivity contribution in [2.75, 3.05) is 0 Å². The first-order valence-electron chi connectivity index (χ1n) is 4.59. The highest BCUT2D eigenvalue weighted by molar-refractivity contribution is 5.76. The van der Waals surface area contributed by atoms with Crippen molar-refractivity contribution >= 4 is 5.78 Å². The molecule has 0 spiro atoms. The van der Waals surface area contributed by atoms with Crippen LogP contribution in [0.3, 0.4) is 0 Å². The minimum atomic E-state index is -1.18. The number of hydrogen-bond acceptors (Lipinski definition) is 5. The van der Waals surface area contributed by atoms with E-state index in [0.717, 1.165) is 6.08 Å². The van der Waals surface area contributed by atoms with Crippen LogP contribution in [0.15, 0.2) is 23.9 Å². The second kappa shape index (κ2) is 4.65. The number of carbonyl (C=O) groups excluding carboxylic acids is 1. The Labute approximate surface area is 90.7 Å². The van der Waals surface area contributed by atoms with Crippen LogP contribution in [0.25, 0.3) is 0 Å². The zero-order valence-electron chi connectivity index (χ0n) is 8.53. The molecular weight excluding hydrogens is 216 g/mol. The Balaban J connectivity index is 2.94. The van der Waals surface area contributed by atoms with Crippen LogP contribution in [-0.4, -0.2) is 21.7 Å². The summed E-state index contributed by atoms with van der Waals surface area (Å²) in [6.07, 6.45) is 3.59. The van der Waals surface area contributed by atoms with Gasteiger partial charge in [0.1, 0.15) is 5.78 Å². The number of carbonyl (C=O) groups is 1. The number of hydrogen-bond donors (Lipinski definition) is 0. The van der Waals surface area contributed by atoms with Crippen molar-refractivity contribution in [2.45, 2.75) is 19.4 Å². The summed E-state index contributed by atoms with van der Waals surface area (Å²) in [5, 5.41) is 21.2. The molecule has 1 aliphatic rings. The van der Waals surface area contributed by atoms with Gasteiger partial charge in [0, 0.05) is 11.3 Å². The summed E-state index contributed by atoms with van der Waals surface area (Å²) in [5.74, 6) is -0.856. The Morgan fingerprint density at radius 3 is 2.44 bits per heavy atom. The molecule has 0 bridgehead atoms. The SMILES string of the molecule is CC(=O)CC1C=CC([N+](=O)[O-])C=C1[N+](=O)[O-].